The summed E-state index contributed by atoms with van der Waals surface area (Å²) in [5.74, 6) is 2.25. The fraction of sp³-hybridized carbons (Fsp3) is 0.375. The second-order valence-corrected chi connectivity index (χ2v) is 6.43. The van der Waals surface area contributed by atoms with E-state index >= 15 is 0 Å². The van der Waals surface area contributed by atoms with Gasteiger partial charge in [-0.25, -0.2) is 4.98 Å². The van der Waals surface area contributed by atoms with Crippen LogP contribution in [0.4, 0.5) is 5.69 Å². The maximum absolute atomic E-state index is 5.70. The summed E-state index contributed by atoms with van der Waals surface area (Å²) in [5, 5.41) is 7.60. The maximum atomic E-state index is 5.70. The maximum Gasteiger partial charge on any atom is 0.195 e. The molecule has 1 aromatic heterocycles. The van der Waals surface area contributed by atoms with Gasteiger partial charge in [-0.3, -0.25) is 4.99 Å². The lowest BCUT2D eigenvalue weighted by atomic mass is 10.3. The number of hydrogen-bond donors (Lipinski definition) is 2. The van der Waals surface area contributed by atoms with Crippen LogP contribution >= 0.6 is 11.3 Å². The Morgan fingerprint density at radius 2 is 2.13 bits per heavy atom. The van der Waals surface area contributed by atoms with E-state index in [2.05, 4.69) is 20.6 Å². The number of nitrogens with zero attached hydrogens (tertiary/aromatic N) is 2. The molecule has 0 radical (unpaired) electrons. The zero-order valence-corrected chi connectivity index (χ0v) is 14.1. The van der Waals surface area contributed by atoms with Crippen molar-refractivity contribution in [1.82, 2.24) is 10.3 Å². The molecule has 1 aliphatic rings. The van der Waals surface area contributed by atoms with Crippen molar-refractivity contribution in [3.05, 3.63) is 34.3 Å². The molecule has 122 valence electrons. The summed E-state index contributed by atoms with van der Waals surface area (Å²) >= 11 is 1.67. The Bertz CT molecular complexity index is 699. The zero-order valence-electron chi connectivity index (χ0n) is 13.3. The van der Waals surface area contributed by atoms with Crippen molar-refractivity contribution >= 4 is 23.0 Å². The predicted molar refractivity (Wildman–Crippen MR) is 92.7 cm³/mol. The average Bonchev–Trinajstić information content (AvgIpc) is 2.83. The highest BCUT2D eigenvalue weighted by Gasteiger charge is 2.11. The third-order valence-electron chi connectivity index (χ3n) is 3.33. The molecule has 0 unspecified atom stereocenters. The van der Waals surface area contributed by atoms with E-state index in [0.717, 1.165) is 28.6 Å². The minimum Gasteiger partial charge on any atom is -0.490 e. The summed E-state index contributed by atoms with van der Waals surface area (Å²) in [5.41, 5.74) is 0.905. The summed E-state index contributed by atoms with van der Waals surface area (Å²) in [6.07, 6.45) is 2.78. The molecule has 7 heteroatoms. The van der Waals surface area contributed by atoms with Gasteiger partial charge in [-0.2, -0.15) is 0 Å². The monoisotopic (exact) mass is 332 g/mol. The van der Waals surface area contributed by atoms with E-state index in [9.17, 15) is 0 Å². The van der Waals surface area contributed by atoms with Crippen LogP contribution in [-0.2, 0) is 6.54 Å². The van der Waals surface area contributed by atoms with Crippen LogP contribution in [0.3, 0.4) is 0 Å². The van der Waals surface area contributed by atoms with Gasteiger partial charge >= 0.3 is 0 Å². The van der Waals surface area contributed by atoms with Crippen molar-refractivity contribution in [1.29, 1.82) is 0 Å². The van der Waals surface area contributed by atoms with E-state index < -0.39 is 0 Å². The molecule has 0 amide bonds. The van der Waals surface area contributed by atoms with Gasteiger partial charge in [0, 0.05) is 36.3 Å². The molecule has 23 heavy (non-hydrogen) atoms. The number of fused-ring (bicyclic) bond motifs is 1. The largest absolute Gasteiger partial charge is 0.490 e. The predicted octanol–water partition coefficient (Wildman–Crippen LogP) is 2.80. The van der Waals surface area contributed by atoms with E-state index in [1.54, 1.807) is 18.4 Å². The van der Waals surface area contributed by atoms with Gasteiger partial charge in [-0.15, -0.1) is 11.3 Å². The van der Waals surface area contributed by atoms with Gasteiger partial charge in [0.05, 0.1) is 24.8 Å². The lowest BCUT2D eigenvalue weighted by Gasteiger charge is -2.13. The second kappa shape index (κ2) is 7.32. The van der Waals surface area contributed by atoms with Crippen LogP contribution in [-0.4, -0.2) is 31.2 Å². The SMILES string of the molecule is CN=C(NCc1cnc(C)s1)Nc1ccc2c(c1)OCCCO2. The standard InChI is InChI=1S/C16H20N4O2S/c1-11-18-9-13(23-11)10-19-16(17-2)20-12-4-5-14-15(8-12)22-7-3-6-21-14/h4-5,8-9H,3,6-7,10H2,1-2H3,(H2,17,19,20). The molecule has 1 aromatic carbocycles. The Balaban J connectivity index is 1.63. The lowest BCUT2D eigenvalue weighted by molar-refractivity contribution is 0.297. The van der Waals surface area contributed by atoms with Crippen LogP contribution in [0.25, 0.3) is 0 Å². The Morgan fingerprint density at radius 1 is 1.30 bits per heavy atom. The molecular weight excluding hydrogens is 312 g/mol. The third-order valence-corrected chi connectivity index (χ3v) is 4.25. The summed E-state index contributed by atoms with van der Waals surface area (Å²) in [6, 6.07) is 5.81. The van der Waals surface area contributed by atoms with E-state index in [1.165, 1.54) is 4.88 Å². The van der Waals surface area contributed by atoms with Crippen LogP contribution < -0.4 is 20.1 Å². The summed E-state index contributed by atoms with van der Waals surface area (Å²) in [4.78, 5) is 9.66. The molecule has 0 fully saturated rings. The van der Waals surface area contributed by atoms with Crippen molar-refractivity contribution in [3.63, 3.8) is 0 Å². The van der Waals surface area contributed by atoms with Crippen LogP contribution in [0.5, 0.6) is 11.5 Å². The molecule has 3 rings (SSSR count). The molecule has 0 saturated carbocycles. The number of anilines is 1. The first-order chi connectivity index (χ1) is 11.2. The Labute approximate surface area is 139 Å². The number of ether oxygens (including phenoxy) is 2. The lowest BCUT2D eigenvalue weighted by Crippen LogP contribution is -2.29. The molecule has 2 heterocycles. The highest BCUT2D eigenvalue weighted by molar-refractivity contribution is 7.11. The van der Waals surface area contributed by atoms with Crippen LogP contribution in [0.1, 0.15) is 16.3 Å². The van der Waals surface area contributed by atoms with Gasteiger partial charge in [0.15, 0.2) is 17.5 Å². The molecule has 0 aliphatic carbocycles. The number of aromatic nitrogens is 1. The van der Waals surface area contributed by atoms with Gasteiger partial charge in [0.2, 0.25) is 0 Å². The molecule has 2 N–H and O–H groups in total. The van der Waals surface area contributed by atoms with Crippen LogP contribution in [0.15, 0.2) is 29.4 Å². The number of aryl methyl sites for hydroxylation is 1. The summed E-state index contributed by atoms with van der Waals surface area (Å²) in [7, 11) is 1.75. The van der Waals surface area contributed by atoms with E-state index in [0.29, 0.717) is 25.7 Å². The van der Waals surface area contributed by atoms with Gasteiger partial charge in [0.25, 0.3) is 0 Å². The third kappa shape index (κ3) is 4.13. The number of thiazole rings is 1. The van der Waals surface area contributed by atoms with Crippen molar-refractivity contribution in [2.75, 3.05) is 25.6 Å². The second-order valence-electron chi connectivity index (χ2n) is 5.11. The number of aliphatic imine (C=N–C) groups is 1. The zero-order chi connectivity index (χ0) is 16.1. The highest BCUT2D eigenvalue weighted by Crippen LogP contribution is 2.32. The van der Waals surface area contributed by atoms with E-state index in [4.69, 9.17) is 9.47 Å². The molecule has 0 bridgehead atoms. The minimum atomic E-state index is 0.675. The molecule has 0 atom stereocenters. The smallest absolute Gasteiger partial charge is 0.195 e. The minimum absolute atomic E-state index is 0.675. The number of rotatable bonds is 3. The van der Waals surface area contributed by atoms with Gasteiger partial charge < -0.3 is 20.1 Å². The summed E-state index contributed by atoms with van der Waals surface area (Å²) in [6.45, 7) is 4.06. The van der Waals surface area contributed by atoms with Gasteiger partial charge in [0.1, 0.15) is 0 Å². The normalized spacial score (nSPS) is 14.3. The first kappa shape index (κ1) is 15.6. The fourth-order valence-corrected chi connectivity index (χ4v) is 2.95. The number of benzene rings is 1. The molecule has 0 saturated heterocycles. The quantitative estimate of drug-likeness (QED) is 0.668. The Hall–Kier alpha value is -2.28. The number of hydrogen-bond acceptors (Lipinski definition) is 5. The van der Waals surface area contributed by atoms with E-state index in [1.807, 2.05) is 31.3 Å². The first-order valence-corrected chi connectivity index (χ1v) is 8.35. The molecular formula is C16H20N4O2S. The molecule has 6 nitrogen and oxygen atoms in total. The van der Waals surface area contributed by atoms with Gasteiger partial charge in [-0.1, -0.05) is 0 Å². The van der Waals surface area contributed by atoms with Crippen LogP contribution in [0.2, 0.25) is 0 Å². The Kier molecular flexibility index (Phi) is 4.97. The van der Waals surface area contributed by atoms with Crippen molar-refractivity contribution < 1.29 is 9.47 Å². The van der Waals surface area contributed by atoms with E-state index in [-0.39, 0.29) is 0 Å². The Morgan fingerprint density at radius 3 is 2.87 bits per heavy atom. The number of guanidine groups is 1. The first-order valence-electron chi connectivity index (χ1n) is 7.53. The van der Waals surface area contributed by atoms with Crippen molar-refractivity contribution in [2.24, 2.45) is 4.99 Å². The van der Waals surface area contributed by atoms with Crippen LogP contribution in [0, 0.1) is 6.92 Å². The average molecular weight is 332 g/mol. The molecule has 2 aromatic rings. The highest BCUT2D eigenvalue weighted by atomic mass is 32.1. The van der Waals surface area contributed by atoms with Crippen molar-refractivity contribution in [2.45, 2.75) is 19.9 Å². The molecule has 1 aliphatic heterocycles. The topological polar surface area (TPSA) is 67.8 Å². The summed E-state index contributed by atoms with van der Waals surface area (Å²) < 4.78 is 11.3. The molecule has 0 spiro atoms. The number of nitrogens with one attached hydrogen (secondary N) is 2. The fourth-order valence-electron chi connectivity index (χ4n) is 2.21. The van der Waals surface area contributed by atoms with Crippen molar-refractivity contribution in [3.8, 4) is 11.5 Å². The van der Waals surface area contributed by atoms with Gasteiger partial charge in [-0.05, 0) is 19.1 Å².